The summed E-state index contributed by atoms with van der Waals surface area (Å²) in [5, 5.41) is 0. The lowest BCUT2D eigenvalue weighted by molar-refractivity contribution is 0.414. The summed E-state index contributed by atoms with van der Waals surface area (Å²) in [6, 6.07) is 8.22. The van der Waals surface area contributed by atoms with Crippen LogP contribution in [0.5, 0.6) is 5.75 Å². The van der Waals surface area contributed by atoms with Gasteiger partial charge in [-0.15, -0.1) is 0 Å². The highest BCUT2D eigenvalue weighted by molar-refractivity contribution is 5.38. The molecule has 0 aliphatic heterocycles. The summed E-state index contributed by atoms with van der Waals surface area (Å²) in [4.78, 5) is 0. The third kappa shape index (κ3) is 2.54. The molecule has 0 saturated carbocycles. The third-order valence-corrected chi connectivity index (χ3v) is 3.17. The van der Waals surface area contributed by atoms with E-state index in [0.717, 1.165) is 5.75 Å². The van der Waals surface area contributed by atoms with Gasteiger partial charge in [0.05, 0.1) is 7.11 Å². The number of hydrogen-bond donors (Lipinski definition) is 0. The highest BCUT2D eigenvalue weighted by Gasteiger charge is 2.21. The van der Waals surface area contributed by atoms with Gasteiger partial charge in [0, 0.05) is 5.41 Å². The Bertz CT molecular complexity index is 382. The Morgan fingerprint density at radius 3 is 2.25 bits per heavy atom. The average Bonchev–Trinajstić information content (AvgIpc) is 2.29. The number of benzene rings is 1. The molecule has 0 fully saturated rings. The second-order valence-electron chi connectivity index (χ2n) is 4.44. The van der Waals surface area contributed by atoms with Gasteiger partial charge >= 0.3 is 0 Å². The zero-order valence-electron chi connectivity index (χ0n) is 10.6. The third-order valence-electron chi connectivity index (χ3n) is 3.17. The van der Waals surface area contributed by atoms with Gasteiger partial charge in [0.2, 0.25) is 0 Å². The van der Waals surface area contributed by atoms with Gasteiger partial charge in [-0.05, 0) is 24.6 Å². The second kappa shape index (κ2) is 5.02. The van der Waals surface area contributed by atoms with Crippen LogP contribution in [-0.4, -0.2) is 7.11 Å². The van der Waals surface area contributed by atoms with Crippen molar-refractivity contribution in [2.24, 2.45) is 0 Å². The van der Waals surface area contributed by atoms with Crippen LogP contribution in [0.1, 0.15) is 26.3 Å². The van der Waals surface area contributed by atoms with E-state index in [4.69, 9.17) is 4.74 Å². The molecule has 0 heterocycles. The highest BCUT2D eigenvalue weighted by atomic mass is 16.5. The van der Waals surface area contributed by atoms with Crippen LogP contribution in [0, 0.1) is 0 Å². The van der Waals surface area contributed by atoms with E-state index in [1.807, 2.05) is 18.2 Å². The maximum absolute atomic E-state index is 5.16. The fourth-order valence-electron chi connectivity index (χ4n) is 1.62. The van der Waals surface area contributed by atoms with Crippen LogP contribution in [0.15, 0.2) is 48.6 Å². The number of allylic oxidation sites excluding steroid dienone is 3. The zero-order valence-corrected chi connectivity index (χ0v) is 10.6. The molecule has 0 radical (unpaired) electrons. The molecule has 0 aliphatic rings. The highest BCUT2D eigenvalue weighted by Crippen LogP contribution is 2.32. The summed E-state index contributed by atoms with van der Waals surface area (Å²) in [6.07, 6.45) is 3.89. The standard InChI is InChI=1S/C15H20O/c1-6-7-12(2)15(3,4)13-8-10-14(16-5)11-9-13/h6-11H,1H2,2-5H3/b12-7+. The molecule has 1 nitrogen and oxygen atoms in total. The molecule has 0 bridgehead atoms. The number of rotatable bonds is 4. The first kappa shape index (κ1) is 12.6. The molecule has 0 amide bonds. The normalized spacial score (nSPS) is 12.4. The molecule has 1 heteroatoms. The van der Waals surface area contributed by atoms with Gasteiger partial charge in [-0.1, -0.05) is 50.3 Å². The van der Waals surface area contributed by atoms with Crippen LogP contribution < -0.4 is 4.74 Å². The molecule has 0 saturated heterocycles. The summed E-state index contributed by atoms with van der Waals surface area (Å²) in [6.45, 7) is 10.3. The largest absolute Gasteiger partial charge is 0.497 e. The number of hydrogen-bond acceptors (Lipinski definition) is 1. The Hall–Kier alpha value is -1.50. The molecule has 1 rings (SSSR count). The monoisotopic (exact) mass is 216 g/mol. The van der Waals surface area contributed by atoms with Gasteiger partial charge in [-0.2, -0.15) is 0 Å². The molecule has 0 aromatic heterocycles. The van der Waals surface area contributed by atoms with Gasteiger partial charge < -0.3 is 4.74 Å². The van der Waals surface area contributed by atoms with E-state index in [1.165, 1.54) is 11.1 Å². The van der Waals surface area contributed by atoms with Gasteiger partial charge in [-0.3, -0.25) is 0 Å². The minimum absolute atomic E-state index is 0.0282. The summed E-state index contributed by atoms with van der Waals surface area (Å²) in [5.41, 5.74) is 2.61. The smallest absolute Gasteiger partial charge is 0.118 e. The van der Waals surface area contributed by atoms with Crippen LogP contribution in [-0.2, 0) is 5.41 Å². The van der Waals surface area contributed by atoms with Gasteiger partial charge in [0.1, 0.15) is 5.75 Å². The quantitative estimate of drug-likeness (QED) is 0.688. The van der Waals surface area contributed by atoms with Crippen molar-refractivity contribution in [1.82, 2.24) is 0 Å². The molecule has 1 aromatic carbocycles. The molecule has 0 spiro atoms. The van der Waals surface area contributed by atoms with Crippen LogP contribution in [0.4, 0.5) is 0 Å². The topological polar surface area (TPSA) is 9.23 Å². The fraction of sp³-hybridized carbons (Fsp3) is 0.333. The zero-order chi connectivity index (χ0) is 12.2. The molecular formula is C15H20O. The van der Waals surface area contributed by atoms with E-state index in [9.17, 15) is 0 Å². The van der Waals surface area contributed by atoms with Crippen molar-refractivity contribution < 1.29 is 4.74 Å². The van der Waals surface area contributed by atoms with E-state index >= 15 is 0 Å². The Morgan fingerprint density at radius 1 is 1.25 bits per heavy atom. The van der Waals surface area contributed by atoms with Crippen molar-refractivity contribution in [2.45, 2.75) is 26.2 Å². The van der Waals surface area contributed by atoms with Crippen molar-refractivity contribution >= 4 is 0 Å². The predicted octanol–water partition coefficient (Wildman–Crippen LogP) is 4.11. The molecular weight excluding hydrogens is 196 g/mol. The summed E-state index contributed by atoms with van der Waals surface area (Å²) in [7, 11) is 1.68. The Labute approximate surface area is 98.5 Å². The minimum Gasteiger partial charge on any atom is -0.497 e. The van der Waals surface area contributed by atoms with Crippen molar-refractivity contribution in [3.8, 4) is 5.75 Å². The molecule has 0 atom stereocenters. The Morgan fingerprint density at radius 2 is 1.81 bits per heavy atom. The summed E-state index contributed by atoms with van der Waals surface area (Å²) < 4.78 is 5.16. The van der Waals surface area contributed by atoms with E-state index in [-0.39, 0.29) is 5.41 Å². The van der Waals surface area contributed by atoms with Crippen LogP contribution >= 0.6 is 0 Å². The van der Waals surface area contributed by atoms with Crippen LogP contribution in [0.3, 0.4) is 0 Å². The van der Waals surface area contributed by atoms with E-state index in [0.29, 0.717) is 0 Å². The molecule has 1 aromatic rings. The molecule has 0 N–H and O–H groups in total. The average molecular weight is 216 g/mol. The van der Waals surface area contributed by atoms with Crippen molar-refractivity contribution in [3.05, 3.63) is 54.1 Å². The Balaban J connectivity index is 3.06. The number of ether oxygens (including phenoxy) is 1. The van der Waals surface area contributed by atoms with E-state index in [1.54, 1.807) is 7.11 Å². The van der Waals surface area contributed by atoms with Crippen molar-refractivity contribution in [3.63, 3.8) is 0 Å². The lowest BCUT2D eigenvalue weighted by Crippen LogP contribution is -2.18. The molecule has 0 unspecified atom stereocenters. The SMILES string of the molecule is C=C/C=C(\C)C(C)(C)c1ccc(OC)cc1. The maximum atomic E-state index is 5.16. The van der Waals surface area contributed by atoms with E-state index in [2.05, 4.69) is 45.6 Å². The first-order valence-corrected chi connectivity index (χ1v) is 5.46. The Kier molecular flexibility index (Phi) is 3.94. The van der Waals surface area contributed by atoms with Gasteiger partial charge in [0.25, 0.3) is 0 Å². The minimum atomic E-state index is 0.0282. The molecule has 16 heavy (non-hydrogen) atoms. The first-order chi connectivity index (χ1) is 7.52. The van der Waals surface area contributed by atoms with Crippen LogP contribution in [0.2, 0.25) is 0 Å². The fourth-order valence-corrected chi connectivity index (χ4v) is 1.62. The van der Waals surface area contributed by atoms with Crippen LogP contribution in [0.25, 0.3) is 0 Å². The number of methoxy groups -OCH3 is 1. The molecule has 86 valence electrons. The van der Waals surface area contributed by atoms with Gasteiger partial charge in [-0.25, -0.2) is 0 Å². The lowest BCUT2D eigenvalue weighted by atomic mass is 9.78. The second-order valence-corrected chi connectivity index (χ2v) is 4.44. The van der Waals surface area contributed by atoms with Crippen molar-refractivity contribution in [2.75, 3.05) is 7.11 Å². The lowest BCUT2D eigenvalue weighted by Gasteiger charge is -2.26. The summed E-state index contributed by atoms with van der Waals surface area (Å²) >= 11 is 0. The molecule has 0 aliphatic carbocycles. The predicted molar refractivity (Wildman–Crippen MR) is 70.0 cm³/mol. The first-order valence-electron chi connectivity index (χ1n) is 5.46. The summed E-state index contributed by atoms with van der Waals surface area (Å²) in [5.74, 6) is 0.893. The van der Waals surface area contributed by atoms with Crippen molar-refractivity contribution in [1.29, 1.82) is 0 Å². The van der Waals surface area contributed by atoms with Gasteiger partial charge in [0.15, 0.2) is 0 Å². The van der Waals surface area contributed by atoms with E-state index < -0.39 is 0 Å². The maximum Gasteiger partial charge on any atom is 0.118 e.